The van der Waals surface area contributed by atoms with Crippen molar-refractivity contribution in [3.05, 3.63) is 126 Å². The lowest BCUT2D eigenvalue weighted by molar-refractivity contribution is 0.0798. The first-order valence-electron chi connectivity index (χ1n) is 11.9. The van der Waals surface area contributed by atoms with Gasteiger partial charge in [0.05, 0.1) is 5.69 Å². The molecule has 0 saturated carbocycles. The first-order valence-corrected chi connectivity index (χ1v) is 11.9. The van der Waals surface area contributed by atoms with E-state index in [1.54, 1.807) is 15.9 Å². The van der Waals surface area contributed by atoms with Gasteiger partial charge in [0.1, 0.15) is 12.8 Å². The lowest BCUT2D eigenvalue weighted by Crippen LogP contribution is -2.54. The van der Waals surface area contributed by atoms with Crippen molar-refractivity contribution in [3.8, 4) is 0 Å². The zero-order valence-corrected chi connectivity index (χ0v) is 19.5. The summed E-state index contributed by atoms with van der Waals surface area (Å²) in [5, 5.41) is 0. The molecular formula is C30H28N2O3. The molecular weight excluding hydrogens is 436 g/mol. The minimum Gasteiger partial charge on any atom is -0.444 e. The monoisotopic (exact) mass is 464 g/mol. The third-order valence-electron chi connectivity index (χ3n) is 6.97. The SMILES string of the molecule is C=C/C=C/C[C@@]12CCN(C(=O)OCc3ccccc3)[C@@H]1N(C(=O)c1ccccc1)c1ccccc12. The highest BCUT2D eigenvalue weighted by molar-refractivity contribution is 6.08. The van der Waals surface area contributed by atoms with Gasteiger partial charge in [-0.25, -0.2) is 4.79 Å². The molecule has 0 aromatic heterocycles. The van der Waals surface area contributed by atoms with Crippen molar-refractivity contribution in [2.45, 2.75) is 31.0 Å². The standard InChI is InChI=1S/C30H28N2O3/c1-2-3-12-19-30-20-21-31(29(34)35-22-23-13-6-4-7-14-23)28(30)32(26-18-11-10-17-25(26)30)27(33)24-15-8-5-9-16-24/h2-18,28H,1,19-22H2/b12-3+/t28-,30+/m1/s1. The summed E-state index contributed by atoms with van der Waals surface area (Å²) >= 11 is 0. The fraction of sp³-hybridized carbons (Fsp3) is 0.200. The zero-order valence-electron chi connectivity index (χ0n) is 19.5. The summed E-state index contributed by atoms with van der Waals surface area (Å²) in [7, 11) is 0. The van der Waals surface area contributed by atoms with Crippen LogP contribution in [0.5, 0.6) is 0 Å². The summed E-state index contributed by atoms with van der Waals surface area (Å²) in [6, 6.07) is 26.9. The van der Waals surface area contributed by atoms with Gasteiger partial charge in [0, 0.05) is 17.5 Å². The van der Waals surface area contributed by atoms with E-state index in [-0.39, 0.29) is 12.5 Å². The van der Waals surface area contributed by atoms with Gasteiger partial charge in [0.25, 0.3) is 5.91 Å². The summed E-state index contributed by atoms with van der Waals surface area (Å²) < 4.78 is 5.74. The highest BCUT2D eigenvalue weighted by atomic mass is 16.6. The number of amides is 2. The molecule has 0 aliphatic carbocycles. The van der Waals surface area contributed by atoms with Crippen molar-refractivity contribution in [2.24, 2.45) is 0 Å². The number of ether oxygens (including phenoxy) is 1. The Balaban J connectivity index is 1.54. The van der Waals surface area contributed by atoms with Crippen LogP contribution in [-0.2, 0) is 16.8 Å². The molecule has 3 aromatic rings. The molecule has 0 unspecified atom stereocenters. The van der Waals surface area contributed by atoms with Gasteiger partial charge >= 0.3 is 6.09 Å². The van der Waals surface area contributed by atoms with Gasteiger partial charge in [-0.1, -0.05) is 91.5 Å². The number of likely N-dealkylation sites (tertiary alicyclic amines) is 1. The molecule has 3 aromatic carbocycles. The third-order valence-corrected chi connectivity index (χ3v) is 6.97. The Morgan fingerprint density at radius 3 is 2.40 bits per heavy atom. The van der Waals surface area contributed by atoms with Crippen LogP contribution in [0.3, 0.4) is 0 Å². The minimum absolute atomic E-state index is 0.125. The first-order chi connectivity index (χ1) is 17.2. The highest BCUT2D eigenvalue weighted by Gasteiger charge is 2.59. The Morgan fingerprint density at radius 2 is 1.66 bits per heavy atom. The Hall–Kier alpha value is -4.12. The van der Waals surface area contributed by atoms with Crippen LogP contribution in [0.2, 0.25) is 0 Å². The van der Waals surface area contributed by atoms with Crippen LogP contribution in [0.4, 0.5) is 10.5 Å². The van der Waals surface area contributed by atoms with E-state index >= 15 is 0 Å². The maximum absolute atomic E-state index is 13.9. The fourth-order valence-corrected chi connectivity index (χ4v) is 5.39. The van der Waals surface area contributed by atoms with Crippen molar-refractivity contribution in [1.82, 2.24) is 4.90 Å². The van der Waals surface area contributed by atoms with E-state index in [0.29, 0.717) is 18.5 Å². The summed E-state index contributed by atoms with van der Waals surface area (Å²) in [5.41, 5.74) is 3.02. The minimum atomic E-state index is -0.481. The van der Waals surface area contributed by atoms with Crippen LogP contribution in [0.15, 0.2) is 110 Å². The van der Waals surface area contributed by atoms with Crippen molar-refractivity contribution in [1.29, 1.82) is 0 Å². The average Bonchev–Trinajstić information content (AvgIpc) is 3.41. The molecule has 0 radical (unpaired) electrons. The maximum Gasteiger partial charge on any atom is 0.411 e. The van der Waals surface area contributed by atoms with Gasteiger partial charge in [-0.05, 0) is 42.2 Å². The van der Waals surface area contributed by atoms with E-state index in [4.69, 9.17) is 4.74 Å². The number of carbonyl (C=O) groups is 2. The zero-order chi connectivity index (χ0) is 24.3. The van der Waals surface area contributed by atoms with Crippen LogP contribution in [-0.4, -0.2) is 29.6 Å². The number of rotatable bonds is 6. The first kappa shape index (κ1) is 22.7. The highest BCUT2D eigenvalue weighted by Crippen LogP contribution is 2.54. The largest absolute Gasteiger partial charge is 0.444 e. The number of allylic oxidation sites excluding steroid dienone is 3. The quantitative estimate of drug-likeness (QED) is 0.415. The summed E-state index contributed by atoms with van der Waals surface area (Å²) in [5.74, 6) is -0.125. The molecule has 2 aliphatic rings. The van der Waals surface area contributed by atoms with Gasteiger partial charge in [0.2, 0.25) is 0 Å². The normalized spacial score (nSPS) is 20.5. The second kappa shape index (κ2) is 9.63. The van der Waals surface area contributed by atoms with Crippen LogP contribution in [0.25, 0.3) is 0 Å². The molecule has 1 saturated heterocycles. The molecule has 5 nitrogen and oxygen atoms in total. The van der Waals surface area contributed by atoms with Crippen molar-refractivity contribution < 1.29 is 14.3 Å². The topological polar surface area (TPSA) is 49.9 Å². The van der Waals surface area contributed by atoms with E-state index < -0.39 is 17.7 Å². The second-order valence-corrected chi connectivity index (χ2v) is 8.94. The van der Waals surface area contributed by atoms with Crippen LogP contribution in [0, 0.1) is 0 Å². The van der Waals surface area contributed by atoms with E-state index in [9.17, 15) is 9.59 Å². The number of hydrogen-bond donors (Lipinski definition) is 0. The lowest BCUT2D eigenvalue weighted by Gasteiger charge is -2.36. The summed E-state index contributed by atoms with van der Waals surface area (Å²) in [6.45, 7) is 4.49. The molecule has 2 atom stereocenters. The number of nitrogens with zero attached hydrogens (tertiary/aromatic N) is 2. The average molecular weight is 465 g/mol. The Labute approximate surface area is 205 Å². The lowest BCUT2D eigenvalue weighted by atomic mass is 9.76. The van der Waals surface area contributed by atoms with Gasteiger partial charge in [-0.2, -0.15) is 0 Å². The van der Waals surface area contributed by atoms with Crippen LogP contribution >= 0.6 is 0 Å². The maximum atomic E-state index is 13.9. The number of hydrogen-bond acceptors (Lipinski definition) is 3. The number of anilines is 1. The summed E-state index contributed by atoms with van der Waals surface area (Å²) in [4.78, 5) is 30.8. The van der Waals surface area contributed by atoms with E-state index in [2.05, 4.69) is 18.7 Å². The Bertz CT molecular complexity index is 1250. The van der Waals surface area contributed by atoms with Gasteiger partial charge < -0.3 is 4.74 Å². The predicted octanol–water partition coefficient (Wildman–Crippen LogP) is 6.09. The molecule has 0 bridgehead atoms. The predicted molar refractivity (Wildman–Crippen MR) is 137 cm³/mol. The molecule has 5 rings (SSSR count). The van der Waals surface area contributed by atoms with Crippen molar-refractivity contribution in [3.63, 3.8) is 0 Å². The number of fused-ring (bicyclic) bond motifs is 3. The molecule has 35 heavy (non-hydrogen) atoms. The van der Waals surface area contributed by atoms with E-state index in [1.165, 1.54) is 0 Å². The van der Waals surface area contributed by atoms with Crippen molar-refractivity contribution in [2.75, 3.05) is 11.4 Å². The van der Waals surface area contributed by atoms with E-state index in [0.717, 1.165) is 23.2 Å². The number of carbonyl (C=O) groups excluding carboxylic acids is 2. The molecule has 2 heterocycles. The molecule has 5 heteroatoms. The van der Waals surface area contributed by atoms with E-state index in [1.807, 2.05) is 84.9 Å². The van der Waals surface area contributed by atoms with Gasteiger partial charge in [-0.3, -0.25) is 14.6 Å². The van der Waals surface area contributed by atoms with Crippen molar-refractivity contribution >= 4 is 17.7 Å². The second-order valence-electron chi connectivity index (χ2n) is 8.94. The molecule has 1 fully saturated rings. The molecule has 2 aliphatic heterocycles. The summed E-state index contributed by atoms with van der Waals surface area (Å²) in [6.07, 6.45) is 6.27. The molecule has 2 amide bonds. The third kappa shape index (κ3) is 4.03. The van der Waals surface area contributed by atoms with Gasteiger partial charge in [-0.15, -0.1) is 0 Å². The molecule has 176 valence electrons. The number of para-hydroxylation sites is 1. The van der Waals surface area contributed by atoms with Crippen LogP contribution < -0.4 is 4.90 Å². The molecule has 0 N–H and O–H groups in total. The van der Waals surface area contributed by atoms with Gasteiger partial charge in [0.15, 0.2) is 0 Å². The smallest absolute Gasteiger partial charge is 0.411 e. The number of benzene rings is 3. The Kier molecular flexibility index (Phi) is 6.23. The Morgan fingerprint density at radius 1 is 0.971 bits per heavy atom. The van der Waals surface area contributed by atoms with Crippen LogP contribution in [0.1, 0.15) is 34.3 Å². The fourth-order valence-electron chi connectivity index (χ4n) is 5.39. The molecule has 0 spiro atoms.